The molecule has 0 bridgehead atoms. The standard InChI is InChI=1S/C27H10F3N5/c1-34-27-14-24(28)22(13-25(27)29)5-3-18-10-17(19(6-8-31)11-20(18)7-9-32)2-4-21-12-23(15-33)35-16-26(21)30/h10-14,16H,6-7H2. The van der Waals surface area contributed by atoms with Gasteiger partial charge in [0.15, 0.2) is 5.82 Å². The lowest BCUT2D eigenvalue weighted by molar-refractivity contribution is 0.602. The second-order valence-electron chi connectivity index (χ2n) is 6.89. The van der Waals surface area contributed by atoms with Gasteiger partial charge in [0.2, 0.25) is 5.69 Å². The molecular weight excluding hydrogens is 451 g/mol. The average molecular weight is 461 g/mol. The number of halogens is 3. The maximum Gasteiger partial charge on any atom is 0.225 e. The number of pyridine rings is 1. The first-order valence-electron chi connectivity index (χ1n) is 9.76. The van der Waals surface area contributed by atoms with E-state index in [0.29, 0.717) is 16.7 Å². The molecule has 0 aliphatic carbocycles. The molecule has 0 saturated heterocycles. The van der Waals surface area contributed by atoms with Crippen molar-refractivity contribution in [2.24, 2.45) is 0 Å². The maximum absolute atomic E-state index is 14.2. The van der Waals surface area contributed by atoms with Crippen molar-refractivity contribution in [3.63, 3.8) is 0 Å². The largest absolute Gasteiger partial charge is 0.242 e. The first-order chi connectivity index (χ1) is 16.9. The summed E-state index contributed by atoms with van der Waals surface area (Å²) in [7, 11) is 0. The lowest BCUT2D eigenvalue weighted by atomic mass is 9.95. The Kier molecular flexibility index (Phi) is 7.48. The topological polar surface area (TPSA) is 88.6 Å². The van der Waals surface area contributed by atoms with E-state index >= 15 is 0 Å². The van der Waals surface area contributed by atoms with E-state index in [1.807, 2.05) is 12.1 Å². The van der Waals surface area contributed by atoms with Crippen LogP contribution in [0.4, 0.5) is 18.9 Å². The summed E-state index contributed by atoms with van der Waals surface area (Å²) >= 11 is 0. The zero-order valence-corrected chi connectivity index (χ0v) is 17.7. The second kappa shape index (κ2) is 10.9. The van der Waals surface area contributed by atoms with E-state index in [0.717, 1.165) is 18.3 Å². The predicted molar refractivity (Wildman–Crippen MR) is 119 cm³/mol. The minimum atomic E-state index is -0.921. The van der Waals surface area contributed by atoms with Crippen LogP contribution in [0.1, 0.15) is 39.1 Å². The van der Waals surface area contributed by atoms with Gasteiger partial charge < -0.3 is 0 Å². The summed E-state index contributed by atoms with van der Waals surface area (Å²) in [6, 6.07) is 11.5. The van der Waals surface area contributed by atoms with Crippen LogP contribution in [0.5, 0.6) is 0 Å². The molecule has 1 aromatic heterocycles. The van der Waals surface area contributed by atoms with Crippen LogP contribution in [0.3, 0.4) is 0 Å². The highest BCUT2D eigenvalue weighted by molar-refractivity contribution is 5.58. The monoisotopic (exact) mass is 461 g/mol. The fraction of sp³-hybridized carbons (Fsp3) is 0.0741. The Hall–Kier alpha value is -5.54. The van der Waals surface area contributed by atoms with Gasteiger partial charge in [0, 0.05) is 11.1 Å². The summed E-state index contributed by atoms with van der Waals surface area (Å²) in [6.45, 7) is 6.85. The zero-order chi connectivity index (χ0) is 25.4. The third kappa shape index (κ3) is 5.64. The lowest BCUT2D eigenvalue weighted by Crippen LogP contribution is -1.98. The molecule has 0 atom stereocenters. The number of aromatic nitrogens is 1. The highest BCUT2D eigenvalue weighted by atomic mass is 19.1. The molecule has 0 N–H and O–H groups in total. The molecule has 5 nitrogen and oxygen atoms in total. The summed E-state index contributed by atoms with van der Waals surface area (Å²) in [6.07, 6.45) is 0.739. The molecule has 0 saturated carbocycles. The minimum Gasteiger partial charge on any atom is -0.242 e. The van der Waals surface area contributed by atoms with Gasteiger partial charge in [-0.15, -0.1) is 0 Å². The highest BCUT2D eigenvalue weighted by Crippen LogP contribution is 2.22. The summed E-state index contributed by atoms with van der Waals surface area (Å²) in [4.78, 5) is 6.50. The molecule has 0 radical (unpaired) electrons. The first-order valence-corrected chi connectivity index (χ1v) is 9.76. The average Bonchev–Trinajstić information content (AvgIpc) is 2.85. The summed E-state index contributed by atoms with van der Waals surface area (Å²) < 4.78 is 42.2. The lowest BCUT2D eigenvalue weighted by Gasteiger charge is -2.07. The molecule has 3 rings (SSSR count). The molecule has 164 valence electrons. The van der Waals surface area contributed by atoms with Crippen LogP contribution in [0.25, 0.3) is 4.85 Å². The molecule has 2 aromatic carbocycles. The van der Waals surface area contributed by atoms with Crippen LogP contribution >= 0.6 is 0 Å². The number of rotatable bonds is 2. The molecular formula is C27H10F3N5. The molecule has 0 fully saturated rings. The summed E-state index contributed by atoms with van der Waals surface area (Å²) in [5.41, 5.74) is 0.629. The van der Waals surface area contributed by atoms with Crippen molar-refractivity contribution in [2.45, 2.75) is 12.8 Å². The summed E-state index contributed by atoms with van der Waals surface area (Å²) in [5.74, 6) is 8.02. The van der Waals surface area contributed by atoms with Gasteiger partial charge in [-0.3, -0.25) is 0 Å². The minimum absolute atomic E-state index is 0.0256. The third-order valence-corrected chi connectivity index (χ3v) is 4.66. The van der Waals surface area contributed by atoms with Gasteiger partial charge in [-0.25, -0.2) is 23.0 Å². The van der Waals surface area contributed by atoms with Crippen molar-refractivity contribution < 1.29 is 13.2 Å². The van der Waals surface area contributed by atoms with Crippen LogP contribution in [-0.2, 0) is 12.8 Å². The van der Waals surface area contributed by atoms with E-state index in [1.165, 1.54) is 12.1 Å². The van der Waals surface area contributed by atoms with Crippen molar-refractivity contribution in [3.05, 3.63) is 104 Å². The summed E-state index contributed by atoms with van der Waals surface area (Å²) in [5, 5.41) is 27.3. The molecule has 0 aliphatic heterocycles. The molecule has 0 unspecified atom stereocenters. The Morgan fingerprint density at radius 2 is 1.29 bits per heavy atom. The Morgan fingerprint density at radius 1 is 0.714 bits per heavy atom. The van der Waals surface area contributed by atoms with E-state index in [-0.39, 0.29) is 35.2 Å². The molecule has 35 heavy (non-hydrogen) atoms. The quantitative estimate of drug-likeness (QED) is 0.403. The molecule has 1 heterocycles. The number of nitriles is 3. The van der Waals surface area contributed by atoms with Gasteiger partial charge in [0.25, 0.3) is 0 Å². The van der Waals surface area contributed by atoms with Crippen LogP contribution < -0.4 is 0 Å². The van der Waals surface area contributed by atoms with Gasteiger partial charge in [-0.1, -0.05) is 29.7 Å². The van der Waals surface area contributed by atoms with E-state index in [9.17, 15) is 23.7 Å². The molecule has 8 heteroatoms. The van der Waals surface area contributed by atoms with Gasteiger partial charge in [-0.05, 0) is 35.4 Å². The molecule has 0 spiro atoms. The van der Waals surface area contributed by atoms with Crippen molar-refractivity contribution >= 4 is 5.69 Å². The molecule has 0 amide bonds. The van der Waals surface area contributed by atoms with Crippen molar-refractivity contribution in [1.82, 2.24) is 4.98 Å². The Bertz CT molecular complexity index is 1640. The van der Waals surface area contributed by atoms with Crippen LogP contribution in [0, 0.1) is 81.7 Å². The Labute approximate surface area is 199 Å². The third-order valence-electron chi connectivity index (χ3n) is 4.66. The number of benzene rings is 2. The second-order valence-corrected chi connectivity index (χ2v) is 6.89. The van der Waals surface area contributed by atoms with Gasteiger partial charge in [0.05, 0.1) is 48.9 Å². The zero-order valence-electron chi connectivity index (χ0n) is 17.7. The highest BCUT2D eigenvalue weighted by Gasteiger charge is 2.11. The number of hydrogen-bond acceptors (Lipinski definition) is 4. The number of hydrogen-bond donors (Lipinski definition) is 0. The Balaban J connectivity index is 2.16. The normalized spacial score (nSPS) is 9.23. The van der Waals surface area contributed by atoms with Crippen LogP contribution in [-0.4, -0.2) is 4.98 Å². The van der Waals surface area contributed by atoms with Gasteiger partial charge >= 0.3 is 0 Å². The van der Waals surface area contributed by atoms with Gasteiger partial charge in [0.1, 0.15) is 23.4 Å². The van der Waals surface area contributed by atoms with Crippen LogP contribution in [0.15, 0.2) is 36.5 Å². The molecule has 0 aliphatic rings. The number of nitrogens with zero attached hydrogens (tertiary/aromatic N) is 5. The van der Waals surface area contributed by atoms with Crippen molar-refractivity contribution in [1.29, 1.82) is 15.8 Å². The Morgan fingerprint density at radius 3 is 1.83 bits per heavy atom. The molecule has 3 aromatic rings. The van der Waals surface area contributed by atoms with Crippen molar-refractivity contribution in [3.8, 4) is 41.9 Å². The van der Waals surface area contributed by atoms with E-state index in [2.05, 4.69) is 33.5 Å². The van der Waals surface area contributed by atoms with Gasteiger partial charge in [-0.2, -0.15) is 15.8 Å². The fourth-order valence-corrected chi connectivity index (χ4v) is 2.97. The van der Waals surface area contributed by atoms with E-state index in [1.54, 1.807) is 12.1 Å². The van der Waals surface area contributed by atoms with E-state index < -0.39 is 23.1 Å². The van der Waals surface area contributed by atoms with Crippen molar-refractivity contribution in [2.75, 3.05) is 0 Å². The van der Waals surface area contributed by atoms with E-state index in [4.69, 9.17) is 11.8 Å². The first kappa shape index (κ1) is 24.1. The SMILES string of the molecule is [C-]#[N+]c1cc(F)c(C#Cc2cc(C#Cc3cc(C#N)ncc3F)c(CC#N)cc2CC#N)cc1F. The smallest absolute Gasteiger partial charge is 0.225 e. The van der Waals surface area contributed by atoms with Crippen LogP contribution in [0.2, 0.25) is 0 Å². The predicted octanol–water partition coefficient (Wildman–Crippen LogP) is 4.85. The fourth-order valence-electron chi connectivity index (χ4n) is 2.97. The maximum atomic E-state index is 14.2.